The quantitative estimate of drug-likeness (QED) is 0.245. The molecule has 5 rings (SSSR count). The SMILES string of the molecule is CC(C)(C)C(=O)OCn1nnnc1C1N2C(=O)C(NC(=O)C(NC(=O)NC(=O)c3ccco3)c3ccccc3)[C@@H]2SC1(C)C. The second-order valence-electron chi connectivity index (χ2n) is 11.8. The summed E-state index contributed by atoms with van der Waals surface area (Å²) in [4.78, 5) is 66.0. The molecule has 0 radical (unpaired) electrons. The molecular formula is C28H32N8O7S. The number of nitrogens with one attached hydrogen (secondary N) is 3. The summed E-state index contributed by atoms with van der Waals surface area (Å²) >= 11 is 1.46. The highest BCUT2D eigenvalue weighted by molar-refractivity contribution is 8.01. The largest absolute Gasteiger partial charge is 0.459 e. The molecule has 44 heavy (non-hydrogen) atoms. The Morgan fingerprint density at radius 3 is 2.50 bits per heavy atom. The highest BCUT2D eigenvalue weighted by Gasteiger charge is 2.63. The van der Waals surface area contributed by atoms with Gasteiger partial charge in [-0.15, -0.1) is 16.9 Å². The maximum absolute atomic E-state index is 13.6. The second-order valence-corrected chi connectivity index (χ2v) is 13.6. The Hall–Kier alpha value is -4.73. The Kier molecular flexibility index (Phi) is 8.20. The van der Waals surface area contributed by atoms with E-state index in [2.05, 4.69) is 31.5 Å². The van der Waals surface area contributed by atoms with Crippen LogP contribution in [0, 0.1) is 5.41 Å². The van der Waals surface area contributed by atoms with E-state index in [0.717, 1.165) is 0 Å². The van der Waals surface area contributed by atoms with Crippen molar-refractivity contribution in [1.29, 1.82) is 0 Å². The third-order valence-electron chi connectivity index (χ3n) is 7.12. The number of aromatic nitrogens is 4. The number of imide groups is 1. The van der Waals surface area contributed by atoms with Gasteiger partial charge in [-0.1, -0.05) is 30.3 Å². The average molecular weight is 625 g/mol. The van der Waals surface area contributed by atoms with E-state index in [4.69, 9.17) is 9.15 Å². The molecule has 3 N–H and O–H groups in total. The molecule has 0 saturated carbocycles. The number of tetrazole rings is 1. The summed E-state index contributed by atoms with van der Waals surface area (Å²) in [6, 6.07) is 7.70. The van der Waals surface area contributed by atoms with Crippen LogP contribution in [0.2, 0.25) is 0 Å². The first kappa shape index (κ1) is 30.7. The normalized spacial score (nSPS) is 21.1. The van der Waals surface area contributed by atoms with Crippen LogP contribution in [0.15, 0.2) is 53.1 Å². The first-order chi connectivity index (χ1) is 20.8. The van der Waals surface area contributed by atoms with Crippen molar-refractivity contribution in [3.63, 3.8) is 0 Å². The van der Waals surface area contributed by atoms with Crippen molar-refractivity contribution in [2.24, 2.45) is 5.41 Å². The van der Waals surface area contributed by atoms with E-state index in [-0.39, 0.29) is 18.4 Å². The molecule has 4 atom stereocenters. The van der Waals surface area contributed by atoms with E-state index < -0.39 is 57.5 Å². The van der Waals surface area contributed by atoms with Gasteiger partial charge in [-0.05, 0) is 62.7 Å². The van der Waals surface area contributed by atoms with Crippen LogP contribution in [-0.2, 0) is 25.9 Å². The number of thioether (sulfide) groups is 1. The van der Waals surface area contributed by atoms with Gasteiger partial charge < -0.3 is 24.7 Å². The van der Waals surface area contributed by atoms with Crippen molar-refractivity contribution >= 4 is 41.5 Å². The number of carbonyl (C=O) groups is 5. The van der Waals surface area contributed by atoms with Gasteiger partial charge in [0.05, 0.1) is 11.7 Å². The van der Waals surface area contributed by atoms with Crippen LogP contribution in [0.25, 0.3) is 0 Å². The number of β-lactam (4-membered cyclic amide) rings is 1. The van der Waals surface area contributed by atoms with Gasteiger partial charge in [-0.2, -0.15) is 4.68 Å². The minimum absolute atomic E-state index is 0.0742. The molecule has 2 aliphatic rings. The van der Waals surface area contributed by atoms with Crippen LogP contribution in [0.3, 0.4) is 0 Å². The molecule has 1 aromatic carbocycles. The number of benzene rings is 1. The number of hydrogen-bond acceptors (Lipinski definition) is 11. The first-order valence-corrected chi connectivity index (χ1v) is 14.6. The molecule has 2 aromatic heterocycles. The number of hydrogen-bond donors (Lipinski definition) is 3. The summed E-state index contributed by atoms with van der Waals surface area (Å²) in [7, 11) is 0. The lowest BCUT2D eigenvalue weighted by atomic mass is 9.95. The third-order valence-corrected chi connectivity index (χ3v) is 8.69. The third kappa shape index (κ3) is 6.02. The van der Waals surface area contributed by atoms with E-state index >= 15 is 0 Å². The Bertz CT molecular complexity index is 1570. The summed E-state index contributed by atoms with van der Waals surface area (Å²) < 4.78 is 11.2. The minimum atomic E-state index is -1.22. The molecule has 0 spiro atoms. The highest BCUT2D eigenvalue weighted by atomic mass is 32.2. The Labute approximate surface area is 256 Å². The summed E-state index contributed by atoms with van der Waals surface area (Å²) in [5.41, 5.74) is -0.279. The summed E-state index contributed by atoms with van der Waals surface area (Å²) in [6.07, 6.45) is 1.29. The fraction of sp³-hybridized carbons (Fsp3) is 0.429. The summed E-state index contributed by atoms with van der Waals surface area (Å²) in [6.45, 7) is 8.83. The number of nitrogens with zero attached hydrogens (tertiary/aromatic N) is 5. The van der Waals surface area contributed by atoms with Gasteiger partial charge in [0.25, 0.3) is 5.91 Å². The molecule has 232 valence electrons. The first-order valence-electron chi connectivity index (χ1n) is 13.7. The lowest BCUT2D eigenvalue weighted by molar-refractivity contribution is -0.158. The molecule has 2 saturated heterocycles. The van der Waals surface area contributed by atoms with Crippen molar-refractivity contribution in [3.05, 3.63) is 65.9 Å². The monoisotopic (exact) mass is 624 g/mol. The van der Waals surface area contributed by atoms with E-state index in [9.17, 15) is 24.0 Å². The van der Waals surface area contributed by atoms with Crippen LogP contribution in [0.5, 0.6) is 0 Å². The summed E-state index contributed by atoms with van der Waals surface area (Å²) in [5.74, 6) is -1.95. The van der Waals surface area contributed by atoms with Crippen molar-refractivity contribution in [3.8, 4) is 0 Å². The topological polar surface area (TPSA) is 191 Å². The zero-order valence-electron chi connectivity index (χ0n) is 24.6. The van der Waals surface area contributed by atoms with Crippen LogP contribution >= 0.6 is 11.8 Å². The predicted molar refractivity (Wildman–Crippen MR) is 154 cm³/mol. The molecule has 5 amide bonds. The van der Waals surface area contributed by atoms with Crippen LogP contribution in [0.4, 0.5) is 4.79 Å². The van der Waals surface area contributed by atoms with Crippen molar-refractivity contribution in [2.75, 3.05) is 0 Å². The molecular weight excluding hydrogens is 592 g/mol. The Balaban J connectivity index is 1.29. The fourth-order valence-electron chi connectivity index (χ4n) is 4.92. The molecule has 3 unspecified atom stereocenters. The van der Waals surface area contributed by atoms with Crippen LogP contribution < -0.4 is 16.0 Å². The number of fused-ring (bicyclic) bond motifs is 1. The standard InChI is InChI=1S/C28H32N8O7S/c1-27(2,3)25(40)43-14-35-20(32-33-34-35)19-28(4,5)44-24-18(23(39)36(19)24)29-22(38)17(15-10-7-6-8-11-15)30-26(41)31-21(37)16-12-9-13-42-16/h6-13,17-19,24H,14H2,1-5H3,(H,29,38)(H2,30,31,37,41)/t17?,18?,19?,24-/m0/s1. The number of amides is 5. The molecule has 3 aromatic rings. The maximum atomic E-state index is 13.6. The lowest BCUT2D eigenvalue weighted by Gasteiger charge is -2.44. The molecule has 0 bridgehead atoms. The maximum Gasteiger partial charge on any atom is 0.322 e. The molecule has 15 nitrogen and oxygen atoms in total. The van der Waals surface area contributed by atoms with Gasteiger partial charge >= 0.3 is 12.0 Å². The second kappa shape index (κ2) is 11.7. The number of rotatable bonds is 8. The molecule has 2 fully saturated rings. The van der Waals surface area contributed by atoms with Gasteiger partial charge in [0, 0.05) is 4.75 Å². The number of ether oxygens (including phenoxy) is 1. The minimum Gasteiger partial charge on any atom is -0.459 e. The van der Waals surface area contributed by atoms with Crippen molar-refractivity contribution in [1.82, 2.24) is 41.1 Å². The van der Waals surface area contributed by atoms with E-state index in [0.29, 0.717) is 11.4 Å². The zero-order chi connectivity index (χ0) is 31.8. The van der Waals surface area contributed by atoms with Gasteiger partial charge in [0.15, 0.2) is 18.3 Å². The summed E-state index contributed by atoms with van der Waals surface area (Å²) in [5, 5.41) is 18.8. The highest BCUT2D eigenvalue weighted by Crippen LogP contribution is 2.57. The average Bonchev–Trinajstić information content (AvgIpc) is 3.72. The number of esters is 1. The van der Waals surface area contributed by atoms with E-state index in [1.807, 2.05) is 13.8 Å². The van der Waals surface area contributed by atoms with Gasteiger partial charge in [-0.3, -0.25) is 24.5 Å². The number of furan rings is 1. The smallest absolute Gasteiger partial charge is 0.322 e. The van der Waals surface area contributed by atoms with Crippen molar-refractivity contribution < 1.29 is 33.1 Å². The predicted octanol–water partition coefficient (Wildman–Crippen LogP) is 1.91. The van der Waals surface area contributed by atoms with Gasteiger partial charge in [-0.25, -0.2) is 4.79 Å². The van der Waals surface area contributed by atoms with Crippen molar-refractivity contribution in [2.45, 2.75) is 69.6 Å². The number of urea groups is 1. The van der Waals surface area contributed by atoms with Gasteiger partial charge in [0.2, 0.25) is 11.8 Å². The molecule has 16 heteroatoms. The van der Waals surface area contributed by atoms with Crippen LogP contribution in [0.1, 0.15) is 68.6 Å². The Morgan fingerprint density at radius 2 is 1.84 bits per heavy atom. The fourth-order valence-corrected chi connectivity index (χ4v) is 6.55. The Morgan fingerprint density at radius 1 is 1.11 bits per heavy atom. The number of carbonyl (C=O) groups excluding carboxylic acids is 5. The zero-order valence-corrected chi connectivity index (χ0v) is 25.5. The van der Waals surface area contributed by atoms with E-state index in [1.165, 1.54) is 34.8 Å². The van der Waals surface area contributed by atoms with Gasteiger partial charge in [0.1, 0.15) is 23.5 Å². The molecule has 0 aliphatic carbocycles. The molecule has 2 aliphatic heterocycles. The lowest BCUT2D eigenvalue weighted by Crippen LogP contribution is -2.68. The van der Waals surface area contributed by atoms with E-state index in [1.54, 1.807) is 56.0 Å². The molecule has 4 heterocycles. The van der Waals surface area contributed by atoms with Crippen LogP contribution in [-0.4, -0.2) is 71.0 Å².